The first-order valence-corrected chi connectivity index (χ1v) is 5.73. The zero-order chi connectivity index (χ0) is 10.8. The van der Waals surface area contributed by atoms with Crippen LogP contribution in [0.5, 0.6) is 0 Å². The Balaban J connectivity index is 2.21. The average Bonchev–Trinajstić information content (AvgIpc) is 2.17. The summed E-state index contributed by atoms with van der Waals surface area (Å²) in [5.74, 6) is 0. The maximum absolute atomic E-state index is 6.12. The van der Waals surface area contributed by atoms with Crippen LogP contribution in [-0.2, 0) is 4.74 Å². The third kappa shape index (κ3) is 2.64. The molecule has 15 heavy (non-hydrogen) atoms. The monoisotopic (exact) mass is 245 g/mol. The lowest BCUT2D eigenvalue weighted by Gasteiger charge is -2.29. The van der Waals surface area contributed by atoms with Crippen LogP contribution in [0.3, 0.4) is 0 Å². The maximum Gasteiger partial charge on any atom is 0.0967 e. The molecule has 1 N–H and O–H groups in total. The van der Waals surface area contributed by atoms with Crippen molar-refractivity contribution in [3.05, 3.63) is 33.8 Å². The summed E-state index contributed by atoms with van der Waals surface area (Å²) < 4.78 is 5.80. The molecular formula is C11H13Cl2NO. The van der Waals surface area contributed by atoms with E-state index in [0.717, 1.165) is 18.7 Å². The number of halogens is 2. The van der Waals surface area contributed by atoms with Gasteiger partial charge < -0.3 is 10.1 Å². The van der Waals surface area contributed by atoms with Gasteiger partial charge in [-0.25, -0.2) is 0 Å². The van der Waals surface area contributed by atoms with Crippen molar-refractivity contribution in [3.63, 3.8) is 0 Å². The fraction of sp³-hybridized carbons (Fsp3) is 0.455. The van der Waals surface area contributed by atoms with Crippen LogP contribution in [0.1, 0.15) is 18.6 Å². The lowest BCUT2D eigenvalue weighted by Crippen LogP contribution is -2.38. The molecule has 1 fully saturated rings. The molecule has 2 unspecified atom stereocenters. The van der Waals surface area contributed by atoms with Gasteiger partial charge in [-0.05, 0) is 19.1 Å². The third-order valence-electron chi connectivity index (χ3n) is 2.47. The molecule has 0 bridgehead atoms. The predicted molar refractivity (Wildman–Crippen MR) is 62.6 cm³/mol. The molecule has 1 heterocycles. The first kappa shape index (κ1) is 11.2. The maximum atomic E-state index is 6.12. The fourth-order valence-corrected chi connectivity index (χ4v) is 2.27. The molecule has 0 aliphatic carbocycles. The summed E-state index contributed by atoms with van der Waals surface area (Å²) in [5.41, 5.74) is 1.00. The van der Waals surface area contributed by atoms with Crippen molar-refractivity contribution in [3.8, 4) is 0 Å². The highest BCUT2D eigenvalue weighted by atomic mass is 35.5. The highest BCUT2D eigenvalue weighted by molar-refractivity contribution is 6.35. The third-order valence-corrected chi connectivity index (χ3v) is 3.03. The van der Waals surface area contributed by atoms with E-state index in [0.29, 0.717) is 10.0 Å². The molecule has 0 aromatic heterocycles. The number of ether oxygens (including phenoxy) is 1. The molecule has 1 aromatic rings. The minimum atomic E-state index is 0.0264. The SMILES string of the molecule is CC1CNCC(c2ccc(Cl)cc2Cl)O1. The molecule has 2 rings (SSSR count). The number of rotatable bonds is 1. The molecule has 2 atom stereocenters. The Morgan fingerprint density at radius 3 is 2.80 bits per heavy atom. The topological polar surface area (TPSA) is 21.3 Å². The molecule has 4 heteroatoms. The Morgan fingerprint density at radius 2 is 2.13 bits per heavy atom. The van der Waals surface area contributed by atoms with E-state index in [9.17, 15) is 0 Å². The van der Waals surface area contributed by atoms with Crippen LogP contribution in [0.25, 0.3) is 0 Å². The Morgan fingerprint density at radius 1 is 1.33 bits per heavy atom. The van der Waals surface area contributed by atoms with E-state index in [4.69, 9.17) is 27.9 Å². The van der Waals surface area contributed by atoms with Crippen LogP contribution >= 0.6 is 23.2 Å². The van der Waals surface area contributed by atoms with E-state index in [1.54, 1.807) is 6.07 Å². The second-order valence-corrected chi connectivity index (χ2v) is 4.60. The minimum Gasteiger partial charge on any atom is -0.368 e. The van der Waals surface area contributed by atoms with Crippen molar-refractivity contribution >= 4 is 23.2 Å². The number of morpholine rings is 1. The molecule has 0 amide bonds. The molecule has 0 saturated carbocycles. The van der Waals surface area contributed by atoms with Crippen molar-refractivity contribution in [2.45, 2.75) is 19.1 Å². The molecular weight excluding hydrogens is 233 g/mol. The summed E-state index contributed by atoms with van der Waals surface area (Å²) in [6.07, 6.45) is 0.244. The lowest BCUT2D eigenvalue weighted by molar-refractivity contribution is -0.0286. The van der Waals surface area contributed by atoms with Crippen molar-refractivity contribution in [2.75, 3.05) is 13.1 Å². The Hall–Kier alpha value is -0.280. The predicted octanol–water partition coefficient (Wildman–Crippen LogP) is 3.04. The first-order valence-electron chi connectivity index (χ1n) is 4.98. The molecule has 0 radical (unpaired) electrons. The summed E-state index contributed by atoms with van der Waals surface area (Å²) >= 11 is 12.0. The van der Waals surface area contributed by atoms with E-state index >= 15 is 0 Å². The van der Waals surface area contributed by atoms with Gasteiger partial charge in [-0.3, -0.25) is 0 Å². The Kier molecular flexibility index (Phi) is 3.52. The average molecular weight is 246 g/mol. The number of nitrogens with one attached hydrogen (secondary N) is 1. The van der Waals surface area contributed by atoms with E-state index in [2.05, 4.69) is 5.32 Å². The zero-order valence-electron chi connectivity index (χ0n) is 8.47. The van der Waals surface area contributed by atoms with E-state index in [1.165, 1.54) is 0 Å². The van der Waals surface area contributed by atoms with Gasteiger partial charge in [0.25, 0.3) is 0 Å². The smallest absolute Gasteiger partial charge is 0.0967 e. The fourth-order valence-electron chi connectivity index (χ4n) is 1.74. The van der Waals surface area contributed by atoms with Crippen LogP contribution in [0.15, 0.2) is 18.2 Å². The summed E-state index contributed by atoms with van der Waals surface area (Å²) in [6.45, 7) is 3.73. The summed E-state index contributed by atoms with van der Waals surface area (Å²) in [6, 6.07) is 5.52. The molecule has 0 spiro atoms. The second-order valence-electron chi connectivity index (χ2n) is 3.76. The van der Waals surface area contributed by atoms with Crippen LogP contribution in [0.4, 0.5) is 0 Å². The number of hydrogen-bond donors (Lipinski definition) is 1. The Bertz CT molecular complexity index is 356. The highest BCUT2D eigenvalue weighted by Crippen LogP contribution is 2.29. The Labute approximate surface area is 99.5 Å². The second kappa shape index (κ2) is 4.71. The highest BCUT2D eigenvalue weighted by Gasteiger charge is 2.22. The van der Waals surface area contributed by atoms with Gasteiger partial charge in [-0.1, -0.05) is 29.3 Å². The van der Waals surface area contributed by atoms with Gasteiger partial charge in [0.1, 0.15) is 0 Å². The van der Waals surface area contributed by atoms with Crippen molar-refractivity contribution in [1.29, 1.82) is 0 Å². The molecule has 1 saturated heterocycles. The number of benzene rings is 1. The molecule has 1 aliphatic rings. The van der Waals surface area contributed by atoms with E-state index < -0.39 is 0 Å². The summed E-state index contributed by atoms with van der Waals surface area (Å²) in [5, 5.41) is 4.63. The first-order chi connectivity index (χ1) is 7.16. The van der Waals surface area contributed by atoms with Gasteiger partial charge in [0.2, 0.25) is 0 Å². The standard InChI is InChI=1S/C11H13Cl2NO/c1-7-5-14-6-11(15-7)9-3-2-8(12)4-10(9)13/h2-4,7,11,14H,5-6H2,1H3. The largest absolute Gasteiger partial charge is 0.368 e. The van der Waals surface area contributed by atoms with Crippen molar-refractivity contribution in [2.24, 2.45) is 0 Å². The molecule has 1 aromatic carbocycles. The quantitative estimate of drug-likeness (QED) is 0.822. The van der Waals surface area contributed by atoms with E-state index in [-0.39, 0.29) is 12.2 Å². The molecule has 82 valence electrons. The van der Waals surface area contributed by atoms with Crippen LogP contribution in [0.2, 0.25) is 10.0 Å². The van der Waals surface area contributed by atoms with Gasteiger partial charge in [0.15, 0.2) is 0 Å². The van der Waals surface area contributed by atoms with Gasteiger partial charge in [0, 0.05) is 28.7 Å². The van der Waals surface area contributed by atoms with Gasteiger partial charge in [0.05, 0.1) is 12.2 Å². The minimum absolute atomic E-state index is 0.0264. The van der Waals surface area contributed by atoms with Crippen molar-refractivity contribution in [1.82, 2.24) is 5.32 Å². The molecule has 1 aliphatic heterocycles. The summed E-state index contributed by atoms with van der Waals surface area (Å²) in [4.78, 5) is 0. The van der Waals surface area contributed by atoms with Gasteiger partial charge >= 0.3 is 0 Å². The zero-order valence-corrected chi connectivity index (χ0v) is 9.98. The van der Waals surface area contributed by atoms with Crippen LogP contribution in [-0.4, -0.2) is 19.2 Å². The van der Waals surface area contributed by atoms with Crippen LogP contribution in [0, 0.1) is 0 Å². The number of hydrogen-bond acceptors (Lipinski definition) is 2. The molecule has 2 nitrogen and oxygen atoms in total. The van der Waals surface area contributed by atoms with Gasteiger partial charge in [-0.15, -0.1) is 0 Å². The van der Waals surface area contributed by atoms with Gasteiger partial charge in [-0.2, -0.15) is 0 Å². The van der Waals surface area contributed by atoms with E-state index in [1.807, 2.05) is 19.1 Å². The van der Waals surface area contributed by atoms with Crippen LogP contribution < -0.4 is 5.32 Å². The lowest BCUT2D eigenvalue weighted by atomic mass is 10.1. The summed E-state index contributed by atoms with van der Waals surface area (Å²) in [7, 11) is 0. The van der Waals surface area contributed by atoms with Crippen molar-refractivity contribution < 1.29 is 4.74 Å². The normalized spacial score (nSPS) is 26.6.